The van der Waals surface area contributed by atoms with E-state index < -0.39 is 0 Å². The summed E-state index contributed by atoms with van der Waals surface area (Å²) in [4.78, 5) is 4.35. The SMILES string of the molecule is C=C(C)C(NC)c1ncccc1C. The summed E-state index contributed by atoms with van der Waals surface area (Å²) >= 11 is 0. The monoisotopic (exact) mass is 176 g/mol. The van der Waals surface area contributed by atoms with Crippen LogP contribution in [-0.2, 0) is 0 Å². The smallest absolute Gasteiger partial charge is 0.0705 e. The molecule has 1 aromatic heterocycles. The van der Waals surface area contributed by atoms with E-state index in [2.05, 4.69) is 29.9 Å². The number of pyridine rings is 1. The van der Waals surface area contributed by atoms with Gasteiger partial charge >= 0.3 is 0 Å². The predicted octanol–water partition coefficient (Wildman–Crippen LogP) is 2.23. The molecule has 1 aromatic rings. The Balaban J connectivity index is 3.04. The molecule has 1 N–H and O–H groups in total. The van der Waals surface area contributed by atoms with Crippen LogP contribution in [0.5, 0.6) is 0 Å². The summed E-state index contributed by atoms with van der Waals surface area (Å²) in [5.74, 6) is 0. The summed E-state index contributed by atoms with van der Waals surface area (Å²) in [5.41, 5.74) is 3.35. The number of likely N-dealkylation sites (N-methyl/N-ethyl adjacent to an activating group) is 1. The van der Waals surface area contributed by atoms with Gasteiger partial charge in [-0.3, -0.25) is 4.98 Å². The maximum atomic E-state index is 4.35. The minimum atomic E-state index is 0.168. The van der Waals surface area contributed by atoms with Crippen LogP contribution < -0.4 is 5.32 Å². The fraction of sp³-hybridized carbons (Fsp3) is 0.364. The molecule has 0 amide bonds. The predicted molar refractivity (Wildman–Crippen MR) is 55.6 cm³/mol. The van der Waals surface area contributed by atoms with Gasteiger partial charge in [0.1, 0.15) is 0 Å². The molecule has 0 saturated heterocycles. The molecule has 13 heavy (non-hydrogen) atoms. The van der Waals surface area contributed by atoms with Gasteiger partial charge in [0, 0.05) is 6.20 Å². The second kappa shape index (κ2) is 4.19. The second-order valence-corrected chi connectivity index (χ2v) is 3.27. The first-order chi connectivity index (χ1) is 6.16. The van der Waals surface area contributed by atoms with Crippen molar-refractivity contribution in [2.24, 2.45) is 0 Å². The first-order valence-corrected chi connectivity index (χ1v) is 4.41. The molecule has 0 bridgehead atoms. The summed E-state index contributed by atoms with van der Waals surface area (Å²) in [6, 6.07) is 4.18. The lowest BCUT2D eigenvalue weighted by atomic mass is 10.0. The second-order valence-electron chi connectivity index (χ2n) is 3.27. The molecular weight excluding hydrogens is 160 g/mol. The molecule has 0 aliphatic heterocycles. The van der Waals surface area contributed by atoms with Gasteiger partial charge in [-0.2, -0.15) is 0 Å². The normalized spacial score (nSPS) is 12.5. The number of nitrogens with zero attached hydrogens (tertiary/aromatic N) is 1. The van der Waals surface area contributed by atoms with E-state index in [9.17, 15) is 0 Å². The highest BCUT2D eigenvalue weighted by molar-refractivity contribution is 5.26. The highest BCUT2D eigenvalue weighted by atomic mass is 14.9. The maximum absolute atomic E-state index is 4.35. The van der Waals surface area contributed by atoms with Crippen LogP contribution >= 0.6 is 0 Å². The van der Waals surface area contributed by atoms with E-state index in [0.717, 1.165) is 11.3 Å². The van der Waals surface area contributed by atoms with Crippen molar-refractivity contribution in [3.63, 3.8) is 0 Å². The highest BCUT2D eigenvalue weighted by Gasteiger charge is 2.12. The first-order valence-electron chi connectivity index (χ1n) is 4.41. The third kappa shape index (κ3) is 2.16. The van der Waals surface area contributed by atoms with E-state index >= 15 is 0 Å². The van der Waals surface area contributed by atoms with Gasteiger partial charge < -0.3 is 5.32 Å². The van der Waals surface area contributed by atoms with E-state index in [4.69, 9.17) is 0 Å². The lowest BCUT2D eigenvalue weighted by Crippen LogP contribution is -2.19. The Morgan fingerprint density at radius 2 is 2.31 bits per heavy atom. The average molecular weight is 176 g/mol. The van der Waals surface area contributed by atoms with Gasteiger partial charge in [-0.25, -0.2) is 0 Å². The van der Waals surface area contributed by atoms with Crippen molar-refractivity contribution >= 4 is 0 Å². The van der Waals surface area contributed by atoms with Crippen molar-refractivity contribution in [2.75, 3.05) is 7.05 Å². The number of aromatic nitrogens is 1. The number of aryl methyl sites for hydroxylation is 1. The average Bonchev–Trinajstić information content (AvgIpc) is 2.09. The van der Waals surface area contributed by atoms with E-state index in [-0.39, 0.29) is 6.04 Å². The molecule has 2 heteroatoms. The lowest BCUT2D eigenvalue weighted by molar-refractivity contribution is 0.655. The summed E-state index contributed by atoms with van der Waals surface area (Å²) in [7, 11) is 1.92. The third-order valence-corrected chi connectivity index (χ3v) is 2.10. The molecule has 1 heterocycles. The van der Waals surface area contributed by atoms with Gasteiger partial charge in [-0.1, -0.05) is 18.2 Å². The molecule has 0 spiro atoms. The molecule has 2 nitrogen and oxygen atoms in total. The first kappa shape index (κ1) is 9.93. The molecule has 0 saturated carbocycles. The van der Waals surface area contributed by atoms with Crippen molar-refractivity contribution < 1.29 is 0 Å². The van der Waals surface area contributed by atoms with E-state index in [0.29, 0.717) is 0 Å². The lowest BCUT2D eigenvalue weighted by Gasteiger charge is -2.17. The largest absolute Gasteiger partial charge is 0.308 e. The Bertz CT molecular complexity index is 305. The Kier molecular flexibility index (Phi) is 3.20. The summed E-state index contributed by atoms with van der Waals surface area (Å²) in [5, 5.41) is 3.20. The maximum Gasteiger partial charge on any atom is 0.0705 e. The molecule has 0 aromatic carbocycles. The van der Waals surface area contributed by atoms with Crippen LogP contribution in [0.4, 0.5) is 0 Å². The van der Waals surface area contributed by atoms with Gasteiger partial charge in [0.05, 0.1) is 11.7 Å². The topological polar surface area (TPSA) is 24.9 Å². The van der Waals surface area contributed by atoms with Gasteiger partial charge in [0.15, 0.2) is 0 Å². The molecule has 1 rings (SSSR count). The number of hydrogen-bond acceptors (Lipinski definition) is 2. The minimum absolute atomic E-state index is 0.168. The van der Waals surface area contributed by atoms with Crippen LogP contribution in [0.2, 0.25) is 0 Å². The van der Waals surface area contributed by atoms with E-state index in [1.54, 1.807) is 0 Å². The van der Waals surface area contributed by atoms with Crippen molar-refractivity contribution in [1.82, 2.24) is 10.3 Å². The van der Waals surface area contributed by atoms with Gasteiger partial charge in [0.25, 0.3) is 0 Å². The van der Waals surface area contributed by atoms with Gasteiger partial charge in [-0.15, -0.1) is 0 Å². The molecule has 1 unspecified atom stereocenters. The van der Waals surface area contributed by atoms with Crippen molar-refractivity contribution in [2.45, 2.75) is 19.9 Å². The van der Waals surface area contributed by atoms with Crippen LogP contribution in [0, 0.1) is 6.92 Å². The third-order valence-electron chi connectivity index (χ3n) is 2.10. The van der Waals surface area contributed by atoms with Crippen molar-refractivity contribution in [3.05, 3.63) is 41.7 Å². The zero-order chi connectivity index (χ0) is 9.84. The van der Waals surface area contributed by atoms with Gasteiger partial charge in [-0.05, 0) is 32.5 Å². The molecule has 0 aliphatic carbocycles. The van der Waals surface area contributed by atoms with Crippen LogP contribution in [0.25, 0.3) is 0 Å². The van der Waals surface area contributed by atoms with Crippen molar-refractivity contribution in [3.8, 4) is 0 Å². The zero-order valence-electron chi connectivity index (χ0n) is 8.46. The Morgan fingerprint density at radius 3 is 2.77 bits per heavy atom. The Labute approximate surface area is 79.7 Å². The van der Waals surface area contributed by atoms with Crippen LogP contribution in [0.3, 0.4) is 0 Å². The van der Waals surface area contributed by atoms with E-state index in [1.165, 1.54) is 5.56 Å². The van der Waals surface area contributed by atoms with Crippen LogP contribution in [-0.4, -0.2) is 12.0 Å². The van der Waals surface area contributed by atoms with Crippen LogP contribution in [0.15, 0.2) is 30.5 Å². The summed E-state index contributed by atoms with van der Waals surface area (Å²) in [6.07, 6.45) is 1.82. The zero-order valence-corrected chi connectivity index (χ0v) is 8.46. The summed E-state index contributed by atoms with van der Waals surface area (Å²) in [6.45, 7) is 8.02. The fourth-order valence-electron chi connectivity index (χ4n) is 1.42. The van der Waals surface area contributed by atoms with Crippen LogP contribution in [0.1, 0.15) is 24.2 Å². The summed E-state index contributed by atoms with van der Waals surface area (Å²) < 4.78 is 0. The number of hydrogen-bond donors (Lipinski definition) is 1. The minimum Gasteiger partial charge on any atom is -0.308 e. The van der Waals surface area contributed by atoms with E-state index in [1.807, 2.05) is 26.2 Å². The fourth-order valence-corrected chi connectivity index (χ4v) is 1.42. The Morgan fingerprint density at radius 1 is 1.62 bits per heavy atom. The molecular formula is C11H16N2. The molecule has 0 aliphatic rings. The Hall–Kier alpha value is -1.15. The number of nitrogens with one attached hydrogen (secondary N) is 1. The van der Waals surface area contributed by atoms with Gasteiger partial charge in [0.2, 0.25) is 0 Å². The molecule has 1 atom stereocenters. The highest BCUT2D eigenvalue weighted by Crippen LogP contribution is 2.19. The van der Waals surface area contributed by atoms with Crippen molar-refractivity contribution in [1.29, 1.82) is 0 Å². The molecule has 0 fully saturated rings. The standard InChI is InChI=1S/C11H16N2/c1-8(2)10(12-4)11-9(3)6-5-7-13-11/h5-7,10,12H,1H2,2-4H3. The molecule has 0 radical (unpaired) electrons. The quantitative estimate of drug-likeness (QED) is 0.714. The molecule has 70 valence electrons. The number of rotatable bonds is 3.